The van der Waals surface area contributed by atoms with Gasteiger partial charge in [0, 0.05) is 30.6 Å². The topological polar surface area (TPSA) is 53.1 Å². The number of likely N-dealkylation sites (N-methyl/N-ethyl adjacent to an activating group) is 1. The van der Waals surface area contributed by atoms with Crippen LogP contribution in [0.2, 0.25) is 0 Å². The first-order valence-electron chi connectivity index (χ1n) is 7.27. The molecule has 1 aromatic rings. The largest absolute Gasteiger partial charge is 0.370 e. The molecule has 114 valence electrons. The van der Waals surface area contributed by atoms with Gasteiger partial charge in [0.05, 0.1) is 0 Å². The predicted molar refractivity (Wildman–Crippen MR) is 86.7 cm³/mol. The Kier molecular flexibility index (Phi) is 5.74. The normalized spacial score (nSPS) is 11.8. The second kappa shape index (κ2) is 6.88. The zero-order valence-corrected chi connectivity index (χ0v) is 14.0. The van der Waals surface area contributed by atoms with Crippen LogP contribution in [0.4, 0.5) is 11.6 Å². The highest BCUT2D eigenvalue weighted by Crippen LogP contribution is 2.26. The molecule has 0 aliphatic heterocycles. The highest BCUT2D eigenvalue weighted by molar-refractivity contribution is 5.57. The molecule has 0 aliphatic carbocycles. The van der Waals surface area contributed by atoms with E-state index in [0.717, 1.165) is 42.7 Å². The van der Waals surface area contributed by atoms with Crippen LogP contribution in [0, 0.1) is 6.92 Å². The van der Waals surface area contributed by atoms with Gasteiger partial charge >= 0.3 is 0 Å². The summed E-state index contributed by atoms with van der Waals surface area (Å²) in [6.07, 6.45) is 0. The van der Waals surface area contributed by atoms with E-state index in [2.05, 4.69) is 69.2 Å². The van der Waals surface area contributed by atoms with E-state index in [-0.39, 0.29) is 5.41 Å². The first-order valence-corrected chi connectivity index (χ1v) is 7.27. The number of hydrogen-bond acceptors (Lipinski definition) is 5. The summed E-state index contributed by atoms with van der Waals surface area (Å²) in [5.74, 6) is 2.73. The van der Waals surface area contributed by atoms with Crippen LogP contribution in [0.5, 0.6) is 0 Å². The zero-order chi connectivity index (χ0) is 15.3. The van der Waals surface area contributed by atoms with Crippen molar-refractivity contribution in [3.63, 3.8) is 0 Å². The van der Waals surface area contributed by atoms with E-state index >= 15 is 0 Å². The van der Waals surface area contributed by atoms with Crippen LogP contribution >= 0.6 is 0 Å². The first kappa shape index (κ1) is 16.7. The van der Waals surface area contributed by atoms with Crippen LogP contribution in [0.1, 0.15) is 39.1 Å². The molecule has 0 unspecified atom stereocenters. The van der Waals surface area contributed by atoms with Crippen LogP contribution in [0.15, 0.2) is 0 Å². The molecule has 0 amide bonds. The molecule has 5 heteroatoms. The average molecular weight is 279 g/mol. The summed E-state index contributed by atoms with van der Waals surface area (Å²) >= 11 is 0. The fraction of sp³-hybridized carbons (Fsp3) is 0.733. The Morgan fingerprint density at radius 2 is 1.60 bits per heavy atom. The molecule has 1 heterocycles. The van der Waals surface area contributed by atoms with Gasteiger partial charge in [0.2, 0.25) is 0 Å². The smallest absolute Gasteiger partial charge is 0.138 e. The van der Waals surface area contributed by atoms with Gasteiger partial charge in [-0.2, -0.15) is 0 Å². The molecule has 0 aromatic carbocycles. The van der Waals surface area contributed by atoms with Crippen molar-refractivity contribution in [1.29, 1.82) is 0 Å². The molecular weight excluding hydrogens is 250 g/mol. The van der Waals surface area contributed by atoms with Gasteiger partial charge in [0.15, 0.2) is 0 Å². The molecule has 0 radical (unpaired) electrons. The molecule has 0 spiro atoms. The average Bonchev–Trinajstić information content (AvgIpc) is 2.32. The molecule has 1 aromatic heterocycles. The van der Waals surface area contributed by atoms with Gasteiger partial charge in [-0.15, -0.1) is 0 Å². The third-order valence-corrected chi connectivity index (χ3v) is 3.01. The lowest BCUT2D eigenvalue weighted by molar-refractivity contribution is 0.425. The summed E-state index contributed by atoms with van der Waals surface area (Å²) in [6, 6.07) is 0. The first-order chi connectivity index (χ1) is 9.25. The van der Waals surface area contributed by atoms with Crippen LogP contribution in [0.25, 0.3) is 0 Å². The van der Waals surface area contributed by atoms with Crippen molar-refractivity contribution in [2.45, 2.75) is 40.0 Å². The van der Waals surface area contributed by atoms with E-state index in [1.165, 1.54) is 0 Å². The Hall–Kier alpha value is -1.36. The third-order valence-electron chi connectivity index (χ3n) is 3.01. The fourth-order valence-corrected chi connectivity index (χ4v) is 1.76. The molecule has 20 heavy (non-hydrogen) atoms. The van der Waals surface area contributed by atoms with Crippen LogP contribution in [-0.2, 0) is 5.41 Å². The Morgan fingerprint density at radius 3 is 2.05 bits per heavy atom. The lowest BCUT2D eigenvalue weighted by Crippen LogP contribution is -2.24. The number of rotatable bonds is 6. The Morgan fingerprint density at radius 1 is 1.05 bits per heavy atom. The number of nitrogens with one attached hydrogen (secondary N) is 2. The van der Waals surface area contributed by atoms with Crippen molar-refractivity contribution in [1.82, 2.24) is 14.9 Å². The summed E-state index contributed by atoms with van der Waals surface area (Å²) in [5, 5.41) is 6.75. The lowest BCUT2D eigenvalue weighted by Gasteiger charge is -2.21. The SMILES string of the molecule is CCNc1nc(C(C)(C)C)nc(NCCN(C)C)c1C. The maximum atomic E-state index is 4.70. The van der Waals surface area contributed by atoms with E-state index < -0.39 is 0 Å². The Balaban J connectivity index is 3.04. The maximum Gasteiger partial charge on any atom is 0.138 e. The lowest BCUT2D eigenvalue weighted by atomic mass is 9.95. The standard InChI is InChI=1S/C15H29N5/c1-8-16-12-11(2)13(17-9-10-20(6)7)19-14(18-12)15(3,4)5/h8-10H2,1-7H3,(H2,16,17,18,19). The van der Waals surface area contributed by atoms with Gasteiger partial charge < -0.3 is 15.5 Å². The van der Waals surface area contributed by atoms with Gasteiger partial charge in [-0.1, -0.05) is 20.8 Å². The number of hydrogen-bond donors (Lipinski definition) is 2. The molecule has 5 nitrogen and oxygen atoms in total. The van der Waals surface area contributed by atoms with Gasteiger partial charge in [-0.3, -0.25) is 0 Å². The fourth-order valence-electron chi connectivity index (χ4n) is 1.76. The van der Waals surface area contributed by atoms with Crippen LogP contribution in [-0.4, -0.2) is 48.6 Å². The van der Waals surface area contributed by atoms with Gasteiger partial charge in [0.1, 0.15) is 17.5 Å². The predicted octanol–water partition coefficient (Wildman–Crippen LogP) is 2.49. The van der Waals surface area contributed by atoms with Crippen LogP contribution < -0.4 is 10.6 Å². The highest BCUT2D eigenvalue weighted by atomic mass is 15.1. The summed E-state index contributed by atoms with van der Waals surface area (Å²) in [7, 11) is 4.14. The monoisotopic (exact) mass is 279 g/mol. The summed E-state index contributed by atoms with van der Waals surface area (Å²) < 4.78 is 0. The number of aromatic nitrogens is 2. The minimum Gasteiger partial charge on any atom is -0.370 e. The summed E-state index contributed by atoms with van der Waals surface area (Å²) in [6.45, 7) is 13.3. The minimum absolute atomic E-state index is 0.0597. The van der Waals surface area contributed by atoms with E-state index in [9.17, 15) is 0 Å². The van der Waals surface area contributed by atoms with Crippen molar-refractivity contribution in [2.24, 2.45) is 0 Å². The molecule has 0 aliphatic rings. The summed E-state index contributed by atoms with van der Waals surface area (Å²) in [5.41, 5.74) is 1.02. The Bertz CT molecular complexity index is 435. The zero-order valence-electron chi connectivity index (χ0n) is 14.0. The van der Waals surface area contributed by atoms with E-state index in [1.54, 1.807) is 0 Å². The van der Waals surface area contributed by atoms with Gasteiger partial charge in [-0.25, -0.2) is 9.97 Å². The summed E-state index contributed by atoms with van der Waals surface area (Å²) in [4.78, 5) is 11.5. The van der Waals surface area contributed by atoms with E-state index in [0.29, 0.717) is 0 Å². The number of anilines is 2. The minimum atomic E-state index is -0.0597. The van der Waals surface area contributed by atoms with Crippen LogP contribution in [0.3, 0.4) is 0 Å². The van der Waals surface area contributed by atoms with E-state index in [4.69, 9.17) is 4.98 Å². The van der Waals surface area contributed by atoms with Gasteiger partial charge in [0.25, 0.3) is 0 Å². The molecule has 0 saturated heterocycles. The van der Waals surface area contributed by atoms with E-state index in [1.807, 2.05) is 0 Å². The second-order valence-electron chi connectivity index (χ2n) is 6.38. The molecular formula is C15H29N5. The molecule has 0 atom stereocenters. The molecule has 2 N–H and O–H groups in total. The van der Waals surface area contributed by atoms with Crippen molar-refractivity contribution in [3.05, 3.63) is 11.4 Å². The van der Waals surface area contributed by atoms with Crippen molar-refractivity contribution < 1.29 is 0 Å². The maximum absolute atomic E-state index is 4.70. The molecule has 0 fully saturated rings. The van der Waals surface area contributed by atoms with Crippen molar-refractivity contribution in [2.75, 3.05) is 44.4 Å². The van der Waals surface area contributed by atoms with Gasteiger partial charge in [-0.05, 0) is 27.9 Å². The molecule has 0 bridgehead atoms. The highest BCUT2D eigenvalue weighted by Gasteiger charge is 2.20. The second-order valence-corrected chi connectivity index (χ2v) is 6.38. The molecule has 0 saturated carbocycles. The third kappa shape index (κ3) is 4.63. The molecule has 1 rings (SSSR count). The quantitative estimate of drug-likeness (QED) is 0.838. The van der Waals surface area contributed by atoms with Crippen molar-refractivity contribution in [3.8, 4) is 0 Å². The van der Waals surface area contributed by atoms with Crippen molar-refractivity contribution >= 4 is 11.6 Å². The number of nitrogens with zero attached hydrogens (tertiary/aromatic N) is 3. The Labute approximate surface area is 123 Å².